The van der Waals surface area contributed by atoms with E-state index in [1.165, 1.54) is 11.3 Å². The van der Waals surface area contributed by atoms with E-state index in [2.05, 4.69) is 38.3 Å². The largest absolute Gasteiger partial charge is 0.478 e. The summed E-state index contributed by atoms with van der Waals surface area (Å²) in [6, 6.07) is 7.55. The first-order valence-corrected chi connectivity index (χ1v) is 11.5. The number of ether oxygens (including phenoxy) is 1. The van der Waals surface area contributed by atoms with Gasteiger partial charge in [-0.15, -0.1) is 11.3 Å². The monoisotopic (exact) mass is 442 g/mol. The number of carboxylic acid groups (broad SMARTS) is 1. The molecule has 31 heavy (non-hydrogen) atoms. The number of hydrogen-bond acceptors (Lipinski definition) is 5. The third-order valence-electron chi connectivity index (χ3n) is 6.09. The molecule has 7 heteroatoms. The minimum absolute atomic E-state index is 0.0102. The Bertz CT molecular complexity index is 1000. The van der Waals surface area contributed by atoms with Crippen LogP contribution in [0.4, 0.5) is 10.7 Å². The number of anilines is 2. The molecule has 1 fully saturated rings. The number of fused-ring (bicyclic) bond motifs is 1. The lowest BCUT2D eigenvalue weighted by Gasteiger charge is -2.40. The smallest absolute Gasteiger partial charge is 0.339 e. The number of aromatic carboxylic acids is 1. The molecule has 0 saturated carbocycles. The van der Waals surface area contributed by atoms with Crippen molar-refractivity contribution in [2.24, 2.45) is 5.41 Å². The molecular weight excluding hydrogens is 412 g/mol. The van der Waals surface area contributed by atoms with E-state index in [1.807, 2.05) is 12.1 Å². The van der Waals surface area contributed by atoms with Crippen molar-refractivity contribution in [3.8, 4) is 0 Å². The van der Waals surface area contributed by atoms with Gasteiger partial charge in [0.15, 0.2) is 0 Å². The van der Waals surface area contributed by atoms with Gasteiger partial charge >= 0.3 is 5.97 Å². The third kappa shape index (κ3) is 4.48. The van der Waals surface area contributed by atoms with Crippen LogP contribution in [0.25, 0.3) is 0 Å². The van der Waals surface area contributed by atoms with Gasteiger partial charge in [0, 0.05) is 22.7 Å². The van der Waals surface area contributed by atoms with E-state index in [-0.39, 0.29) is 22.3 Å². The number of amides is 1. The predicted molar refractivity (Wildman–Crippen MR) is 124 cm³/mol. The Hall–Kier alpha value is -2.38. The molecule has 166 valence electrons. The predicted octanol–water partition coefficient (Wildman–Crippen LogP) is 5.15. The van der Waals surface area contributed by atoms with Gasteiger partial charge in [0.1, 0.15) is 5.00 Å². The van der Waals surface area contributed by atoms with E-state index >= 15 is 0 Å². The lowest BCUT2D eigenvalue weighted by atomic mass is 9.65. The maximum Gasteiger partial charge on any atom is 0.339 e. The van der Waals surface area contributed by atoms with Gasteiger partial charge in [0.2, 0.25) is 0 Å². The Kier molecular flexibility index (Phi) is 5.60. The first-order valence-electron chi connectivity index (χ1n) is 10.7. The Morgan fingerprint density at radius 3 is 2.48 bits per heavy atom. The highest BCUT2D eigenvalue weighted by Gasteiger charge is 2.42. The first-order chi connectivity index (χ1) is 14.6. The van der Waals surface area contributed by atoms with Crippen LogP contribution < -0.4 is 10.6 Å². The standard InChI is InChI=1S/C24H30N2O4S/c1-23(2)11-17-18(22(28)29)21(31-19(17)24(3,4)13-23)26-20(27)14-5-7-15(8-6-14)25-16-9-10-30-12-16/h5-8,16,25H,9-13H2,1-4H3,(H,26,27)(H,28,29). The van der Waals surface area contributed by atoms with E-state index in [1.54, 1.807) is 12.1 Å². The van der Waals surface area contributed by atoms with Gasteiger partial charge in [-0.1, -0.05) is 27.7 Å². The number of carbonyl (C=O) groups excluding carboxylic acids is 1. The summed E-state index contributed by atoms with van der Waals surface area (Å²) in [5.41, 5.74) is 2.42. The van der Waals surface area contributed by atoms with Gasteiger partial charge in [0.25, 0.3) is 5.91 Å². The lowest BCUT2D eigenvalue weighted by molar-refractivity contribution is 0.0696. The van der Waals surface area contributed by atoms with E-state index in [0.717, 1.165) is 35.6 Å². The lowest BCUT2D eigenvalue weighted by Crippen LogP contribution is -2.34. The molecule has 0 bridgehead atoms. The van der Waals surface area contributed by atoms with Crippen LogP contribution in [-0.4, -0.2) is 36.2 Å². The summed E-state index contributed by atoms with van der Waals surface area (Å²) in [5, 5.41) is 16.7. The summed E-state index contributed by atoms with van der Waals surface area (Å²) in [6.45, 7) is 10.1. The molecule has 1 aromatic heterocycles. The van der Waals surface area contributed by atoms with Crippen molar-refractivity contribution in [1.29, 1.82) is 0 Å². The third-order valence-corrected chi connectivity index (χ3v) is 7.60. The number of thiophene rings is 1. The number of carboxylic acids is 1. The molecule has 1 aliphatic carbocycles. The van der Waals surface area contributed by atoms with Crippen LogP contribution in [0.3, 0.4) is 0 Å². The SMILES string of the molecule is CC1(C)Cc2c(sc(NC(=O)c3ccc(NC4CCOC4)cc3)c2C(=O)O)C(C)(C)C1. The molecule has 1 saturated heterocycles. The summed E-state index contributed by atoms with van der Waals surface area (Å²) >= 11 is 1.41. The zero-order chi connectivity index (χ0) is 22.4. The summed E-state index contributed by atoms with van der Waals surface area (Å²) in [6.07, 6.45) is 2.64. The molecule has 6 nitrogen and oxygen atoms in total. The maximum absolute atomic E-state index is 12.9. The Balaban J connectivity index is 1.57. The van der Waals surface area contributed by atoms with Crippen LogP contribution >= 0.6 is 11.3 Å². The molecule has 4 rings (SSSR count). The van der Waals surface area contributed by atoms with E-state index in [9.17, 15) is 14.7 Å². The fourth-order valence-electron chi connectivity index (χ4n) is 5.09. The van der Waals surface area contributed by atoms with Crippen molar-refractivity contribution >= 4 is 33.9 Å². The second-order valence-corrected chi connectivity index (χ2v) is 11.1. The van der Waals surface area contributed by atoms with Gasteiger partial charge in [0.05, 0.1) is 18.2 Å². The van der Waals surface area contributed by atoms with Crippen LogP contribution in [0, 0.1) is 5.41 Å². The minimum Gasteiger partial charge on any atom is -0.478 e. The van der Waals surface area contributed by atoms with Gasteiger partial charge in [-0.3, -0.25) is 4.79 Å². The Morgan fingerprint density at radius 2 is 1.87 bits per heavy atom. The van der Waals surface area contributed by atoms with Crippen molar-refractivity contribution in [3.63, 3.8) is 0 Å². The first kappa shape index (κ1) is 21.8. The second-order valence-electron chi connectivity index (χ2n) is 10.1. The minimum atomic E-state index is -0.986. The van der Waals surface area contributed by atoms with E-state index < -0.39 is 5.97 Å². The van der Waals surface area contributed by atoms with Crippen molar-refractivity contribution in [3.05, 3.63) is 45.8 Å². The average molecular weight is 443 g/mol. The van der Waals surface area contributed by atoms with E-state index in [4.69, 9.17) is 4.74 Å². The highest BCUT2D eigenvalue weighted by molar-refractivity contribution is 7.17. The number of nitrogens with one attached hydrogen (secondary N) is 2. The molecule has 2 heterocycles. The highest BCUT2D eigenvalue weighted by atomic mass is 32.1. The summed E-state index contributed by atoms with van der Waals surface area (Å²) < 4.78 is 5.38. The molecule has 2 aromatic rings. The van der Waals surface area contributed by atoms with Gasteiger partial charge in [-0.05, 0) is 59.9 Å². The summed E-state index contributed by atoms with van der Waals surface area (Å²) in [7, 11) is 0. The number of benzene rings is 1. The van der Waals surface area contributed by atoms with Crippen molar-refractivity contribution in [2.75, 3.05) is 23.8 Å². The van der Waals surface area contributed by atoms with Crippen LogP contribution in [0.15, 0.2) is 24.3 Å². The van der Waals surface area contributed by atoms with Crippen molar-refractivity contribution < 1.29 is 19.4 Å². The summed E-state index contributed by atoms with van der Waals surface area (Å²) in [4.78, 5) is 26.1. The molecule has 1 aliphatic heterocycles. The number of rotatable bonds is 5. The zero-order valence-corrected chi connectivity index (χ0v) is 19.3. The number of hydrogen-bond donors (Lipinski definition) is 3. The van der Waals surface area contributed by atoms with Crippen LogP contribution in [0.1, 0.15) is 71.7 Å². The van der Waals surface area contributed by atoms with E-state index in [0.29, 0.717) is 29.6 Å². The highest BCUT2D eigenvalue weighted by Crippen LogP contribution is 2.52. The Morgan fingerprint density at radius 1 is 1.16 bits per heavy atom. The molecule has 1 aromatic carbocycles. The second kappa shape index (κ2) is 7.95. The quantitative estimate of drug-likeness (QED) is 0.596. The zero-order valence-electron chi connectivity index (χ0n) is 18.5. The van der Waals surface area contributed by atoms with Gasteiger partial charge in [-0.25, -0.2) is 4.79 Å². The molecule has 1 amide bonds. The van der Waals surface area contributed by atoms with Crippen LogP contribution in [0.2, 0.25) is 0 Å². The van der Waals surface area contributed by atoms with Crippen LogP contribution in [0.5, 0.6) is 0 Å². The van der Waals surface area contributed by atoms with Gasteiger partial charge < -0.3 is 20.5 Å². The van der Waals surface area contributed by atoms with Crippen molar-refractivity contribution in [1.82, 2.24) is 0 Å². The molecule has 2 aliphatic rings. The molecule has 3 N–H and O–H groups in total. The number of carbonyl (C=O) groups is 2. The molecule has 0 radical (unpaired) electrons. The summed E-state index contributed by atoms with van der Waals surface area (Å²) in [5.74, 6) is -1.28. The maximum atomic E-state index is 12.9. The van der Waals surface area contributed by atoms with Crippen LogP contribution in [-0.2, 0) is 16.6 Å². The van der Waals surface area contributed by atoms with Gasteiger partial charge in [-0.2, -0.15) is 0 Å². The fourth-order valence-corrected chi connectivity index (χ4v) is 6.40. The van der Waals surface area contributed by atoms with Crippen molar-refractivity contribution in [2.45, 2.75) is 58.4 Å². The topological polar surface area (TPSA) is 87.7 Å². The molecule has 1 atom stereocenters. The molecule has 1 unspecified atom stereocenters. The normalized spacial score (nSPS) is 21.4. The molecular formula is C24H30N2O4S. The Labute approximate surface area is 187 Å². The molecule has 0 spiro atoms. The average Bonchev–Trinajstić information content (AvgIpc) is 3.28. The fraction of sp³-hybridized carbons (Fsp3) is 0.500.